The van der Waals surface area contributed by atoms with Crippen LogP contribution in [0.1, 0.15) is 32.6 Å². The molecule has 100 valence electrons. The van der Waals surface area contributed by atoms with Gasteiger partial charge in [0, 0.05) is 13.1 Å². The fourth-order valence-corrected chi connectivity index (χ4v) is 3.87. The maximum absolute atomic E-state index is 9.41. The normalized spacial score (nSPS) is 35.5. The molecule has 0 heterocycles. The molecule has 17 heavy (non-hydrogen) atoms. The summed E-state index contributed by atoms with van der Waals surface area (Å²) >= 11 is 0. The minimum Gasteiger partial charge on any atom is -0.394 e. The van der Waals surface area contributed by atoms with Gasteiger partial charge in [-0.05, 0) is 58.0 Å². The topological polar surface area (TPSA) is 35.5 Å². The number of likely N-dealkylation sites (N-methyl/N-ethyl adjacent to an activating group) is 2. The van der Waals surface area contributed by atoms with Crippen molar-refractivity contribution in [3.8, 4) is 0 Å². The van der Waals surface area contributed by atoms with Gasteiger partial charge in [-0.1, -0.05) is 6.42 Å². The number of hydrogen-bond donors (Lipinski definition) is 2. The van der Waals surface area contributed by atoms with Crippen LogP contribution in [0.2, 0.25) is 0 Å². The van der Waals surface area contributed by atoms with Crippen LogP contribution in [0, 0.1) is 17.8 Å². The molecule has 2 fully saturated rings. The van der Waals surface area contributed by atoms with Crippen LogP contribution in [0.15, 0.2) is 0 Å². The van der Waals surface area contributed by atoms with E-state index in [4.69, 9.17) is 0 Å². The third kappa shape index (κ3) is 3.01. The predicted octanol–water partition coefficient (Wildman–Crippen LogP) is 1.32. The zero-order chi connectivity index (χ0) is 12.5. The van der Waals surface area contributed by atoms with E-state index in [2.05, 4.69) is 24.2 Å². The highest BCUT2D eigenvalue weighted by molar-refractivity contribution is 4.92. The summed E-state index contributed by atoms with van der Waals surface area (Å²) in [5, 5.41) is 12.6. The van der Waals surface area contributed by atoms with Gasteiger partial charge in [-0.2, -0.15) is 0 Å². The van der Waals surface area contributed by atoms with Gasteiger partial charge < -0.3 is 15.3 Å². The Morgan fingerprint density at radius 3 is 2.59 bits per heavy atom. The second kappa shape index (κ2) is 5.25. The Morgan fingerprint density at radius 2 is 2.12 bits per heavy atom. The lowest BCUT2D eigenvalue weighted by Crippen LogP contribution is -2.52. The predicted molar refractivity (Wildman–Crippen MR) is 71.0 cm³/mol. The molecule has 2 rings (SSSR count). The van der Waals surface area contributed by atoms with E-state index in [1.54, 1.807) is 0 Å². The molecule has 0 spiro atoms. The van der Waals surface area contributed by atoms with Crippen molar-refractivity contribution in [2.24, 2.45) is 17.8 Å². The number of aliphatic hydroxyl groups excluding tert-OH is 1. The third-order valence-corrected chi connectivity index (χ3v) is 5.00. The molecular formula is C14H28N2O. The van der Waals surface area contributed by atoms with Gasteiger partial charge in [0.2, 0.25) is 0 Å². The second-order valence-corrected chi connectivity index (χ2v) is 6.60. The second-order valence-electron chi connectivity index (χ2n) is 6.60. The van der Waals surface area contributed by atoms with Crippen LogP contribution >= 0.6 is 0 Å². The van der Waals surface area contributed by atoms with Gasteiger partial charge in [0.1, 0.15) is 0 Å². The molecule has 2 aliphatic rings. The number of nitrogens with one attached hydrogen (secondary N) is 1. The first kappa shape index (κ1) is 13.3. The van der Waals surface area contributed by atoms with E-state index in [1.807, 2.05) is 7.05 Å². The highest BCUT2D eigenvalue weighted by Gasteiger charge is 2.40. The van der Waals surface area contributed by atoms with Crippen molar-refractivity contribution < 1.29 is 5.11 Å². The molecule has 0 saturated heterocycles. The molecule has 0 aromatic rings. The molecule has 0 aromatic heterocycles. The Labute approximate surface area is 106 Å². The Hall–Kier alpha value is -0.120. The Kier molecular flexibility index (Phi) is 4.11. The van der Waals surface area contributed by atoms with Crippen molar-refractivity contribution in [1.82, 2.24) is 10.2 Å². The summed E-state index contributed by atoms with van der Waals surface area (Å²) in [6, 6.07) is 0. The quantitative estimate of drug-likeness (QED) is 0.735. The Balaban J connectivity index is 1.79. The molecule has 2 saturated carbocycles. The van der Waals surface area contributed by atoms with Crippen molar-refractivity contribution in [2.75, 3.05) is 33.8 Å². The molecule has 2 bridgehead atoms. The van der Waals surface area contributed by atoms with Crippen molar-refractivity contribution in [1.29, 1.82) is 0 Å². The number of fused-ring (bicyclic) bond motifs is 2. The van der Waals surface area contributed by atoms with E-state index in [0.717, 1.165) is 24.3 Å². The molecule has 4 atom stereocenters. The SMILES string of the molecule is CNC(C)(CO)CN(C)CC1CC2CCC1C2. The summed E-state index contributed by atoms with van der Waals surface area (Å²) in [6.07, 6.45) is 5.88. The van der Waals surface area contributed by atoms with Crippen LogP contribution in [0.3, 0.4) is 0 Å². The minimum atomic E-state index is -0.160. The average Bonchev–Trinajstić information content (AvgIpc) is 2.90. The summed E-state index contributed by atoms with van der Waals surface area (Å²) in [6.45, 7) is 4.42. The zero-order valence-corrected chi connectivity index (χ0v) is 11.6. The first-order chi connectivity index (χ1) is 8.06. The van der Waals surface area contributed by atoms with E-state index in [0.29, 0.717) is 0 Å². The number of hydrogen-bond acceptors (Lipinski definition) is 3. The average molecular weight is 240 g/mol. The monoisotopic (exact) mass is 240 g/mol. The van der Waals surface area contributed by atoms with Gasteiger partial charge in [0.15, 0.2) is 0 Å². The highest BCUT2D eigenvalue weighted by atomic mass is 16.3. The van der Waals surface area contributed by atoms with E-state index in [-0.39, 0.29) is 12.1 Å². The maximum Gasteiger partial charge on any atom is 0.0623 e. The smallest absolute Gasteiger partial charge is 0.0623 e. The lowest BCUT2D eigenvalue weighted by Gasteiger charge is -2.34. The number of nitrogens with zero attached hydrogens (tertiary/aromatic N) is 1. The van der Waals surface area contributed by atoms with E-state index in [9.17, 15) is 5.11 Å². The van der Waals surface area contributed by atoms with Gasteiger partial charge in [-0.3, -0.25) is 0 Å². The lowest BCUT2D eigenvalue weighted by molar-refractivity contribution is 0.122. The summed E-state index contributed by atoms with van der Waals surface area (Å²) in [5.74, 6) is 2.95. The van der Waals surface area contributed by atoms with Crippen LogP contribution < -0.4 is 5.32 Å². The third-order valence-electron chi connectivity index (χ3n) is 5.00. The molecule has 3 nitrogen and oxygen atoms in total. The molecule has 4 unspecified atom stereocenters. The van der Waals surface area contributed by atoms with Gasteiger partial charge in [0.05, 0.1) is 12.1 Å². The molecule has 0 aliphatic heterocycles. The van der Waals surface area contributed by atoms with Crippen LogP contribution in [0.25, 0.3) is 0 Å². The summed E-state index contributed by atoms with van der Waals surface area (Å²) in [7, 11) is 4.12. The van der Waals surface area contributed by atoms with Crippen molar-refractivity contribution >= 4 is 0 Å². The maximum atomic E-state index is 9.41. The van der Waals surface area contributed by atoms with Crippen LogP contribution in [-0.2, 0) is 0 Å². The number of aliphatic hydroxyl groups is 1. The Bertz CT molecular complexity index is 253. The fraction of sp³-hybridized carbons (Fsp3) is 1.00. The van der Waals surface area contributed by atoms with Crippen LogP contribution in [-0.4, -0.2) is 49.3 Å². The van der Waals surface area contributed by atoms with E-state index < -0.39 is 0 Å². The molecule has 2 N–H and O–H groups in total. The van der Waals surface area contributed by atoms with Gasteiger partial charge in [-0.25, -0.2) is 0 Å². The lowest BCUT2D eigenvalue weighted by atomic mass is 9.88. The van der Waals surface area contributed by atoms with Crippen molar-refractivity contribution in [3.05, 3.63) is 0 Å². The molecular weight excluding hydrogens is 212 g/mol. The first-order valence-corrected chi connectivity index (χ1v) is 7.04. The zero-order valence-electron chi connectivity index (χ0n) is 11.6. The summed E-state index contributed by atoms with van der Waals surface area (Å²) in [5.41, 5.74) is -0.160. The van der Waals surface area contributed by atoms with E-state index >= 15 is 0 Å². The van der Waals surface area contributed by atoms with Crippen molar-refractivity contribution in [2.45, 2.75) is 38.1 Å². The number of rotatable bonds is 6. The molecule has 3 heteroatoms. The highest BCUT2D eigenvalue weighted by Crippen LogP contribution is 2.48. The Morgan fingerprint density at radius 1 is 1.35 bits per heavy atom. The van der Waals surface area contributed by atoms with E-state index in [1.165, 1.54) is 32.2 Å². The minimum absolute atomic E-state index is 0.160. The fourth-order valence-electron chi connectivity index (χ4n) is 3.87. The molecule has 0 amide bonds. The van der Waals surface area contributed by atoms with Crippen molar-refractivity contribution in [3.63, 3.8) is 0 Å². The van der Waals surface area contributed by atoms with Gasteiger partial charge in [-0.15, -0.1) is 0 Å². The van der Waals surface area contributed by atoms with Crippen LogP contribution in [0.4, 0.5) is 0 Å². The summed E-state index contributed by atoms with van der Waals surface area (Å²) in [4.78, 5) is 2.40. The largest absolute Gasteiger partial charge is 0.394 e. The first-order valence-electron chi connectivity index (χ1n) is 7.04. The molecule has 0 radical (unpaired) electrons. The van der Waals surface area contributed by atoms with Gasteiger partial charge in [0.25, 0.3) is 0 Å². The van der Waals surface area contributed by atoms with Crippen LogP contribution in [0.5, 0.6) is 0 Å². The summed E-state index contributed by atoms with van der Waals surface area (Å²) < 4.78 is 0. The molecule has 2 aliphatic carbocycles. The standard InChI is InChI=1S/C14H28N2O/c1-14(10-17,15-2)9-16(3)8-13-7-11-4-5-12(13)6-11/h11-13,15,17H,4-10H2,1-3H3. The van der Waals surface area contributed by atoms with Gasteiger partial charge >= 0.3 is 0 Å². The molecule has 0 aromatic carbocycles.